The first-order chi connectivity index (χ1) is 12.8. The fourth-order valence-corrected chi connectivity index (χ4v) is 3.07. The fraction of sp³-hybridized carbons (Fsp3) is 0.579. The molecule has 1 aliphatic carbocycles. The molecule has 2 amide bonds. The second-order valence-electron chi connectivity index (χ2n) is 7.39. The summed E-state index contributed by atoms with van der Waals surface area (Å²) in [5.74, 6) is -0.486. The van der Waals surface area contributed by atoms with E-state index < -0.39 is 24.4 Å². The minimum atomic E-state index is -1.16. The highest BCUT2D eigenvalue weighted by Crippen LogP contribution is 2.25. The van der Waals surface area contributed by atoms with Crippen LogP contribution in [0.1, 0.15) is 29.6 Å². The molecule has 1 aliphatic heterocycles. The standard InChI is InChI=1S/C19H27N3O5/c1-22(2)13-7-3-11(4-8-13)19(26)20-10-15-18(25)17(24)14(27-15)9-16(23)21-12-5-6-12/h3-4,7-8,12,14-15,17-18,24-25H,5-6,9-10H2,1-2H3,(H,20,26)(H,21,23)/t14-,15-,17-,18+/m0/s1. The molecular formula is C19H27N3O5. The van der Waals surface area contributed by atoms with E-state index >= 15 is 0 Å². The van der Waals surface area contributed by atoms with Crippen LogP contribution in [0.15, 0.2) is 24.3 Å². The zero-order valence-electron chi connectivity index (χ0n) is 15.6. The average molecular weight is 377 g/mol. The summed E-state index contributed by atoms with van der Waals surface area (Å²) < 4.78 is 5.61. The second-order valence-corrected chi connectivity index (χ2v) is 7.39. The molecule has 2 aliphatic rings. The van der Waals surface area contributed by atoms with E-state index in [1.54, 1.807) is 12.1 Å². The summed E-state index contributed by atoms with van der Waals surface area (Å²) in [6.45, 7) is 0.0488. The lowest BCUT2D eigenvalue weighted by Gasteiger charge is -2.16. The largest absolute Gasteiger partial charge is 0.388 e. The quantitative estimate of drug-likeness (QED) is 0.517. The number of benzene rings is 1. The molecule has 1 aromatic rings. The van der Waals surface area contributed by atoms with Crippen LogP contribution in [0.2, 0.25) is 0 Å². The number of hydrogen-bond donors (Lipinski definition) is 4. The highest BCUT2D eigenvalue weighted by atomic mass is 16.5. The van der Waals surface area contributed by atoms with E-state index in [1.165, 1.54) is 0 Å². The van der Waals surface area contributed by atoms with Gasteiger partial charge in [0, 0.05) is 37.9 Å². The van der Waals surface area contributed by atoms with Crippen molar-refractivity contribution in [2.45, 2.75) is 49.7 Å². The number of aliphatic hydroxyl groups excluding tert-OH is 2. The van der Waals surface area contributed by atoms with Crippen molar-refractivity contribution in [1.29, 1.82) is 0 Å². The maximum atomic E-state index is 12.3. The molecule has 1 saturated heterocycles. The van der Waals surface area contributed by atoms with Crippen molar-refractivity contribution in [1.82, 2.24) is 10.6 Å². The number of ether oxygens (including phenoxy) is 1. The van der Waals surface area contributed by atoms with Crippen LogP contribution in [-0.2, 0) is 9.53 Å². The van der Waals surface area contributed by atoms with Crippen molar-refractivity contribution in [2.75, 3.05) is 25.5 Å². The van der Waals surface area contributed by atoms with Gasteiger partial charge in [0.05, 0.1) is 12.5 Å². The summed E-state index contributed by atoms with van der Waals surface area (Å²) in [6, 6.07) is 7.35. The maximum absolute atomic E-state index is 12.3. The summed E-state index contributed by atoms with van der Waals surface area (Å²) in [7, 11) is 3.83. The van der Waals surface area contributed by atoms with E-state index in [1.807, 2.05) is 31.1 Å². The van der Waals surface area contributed by atoms with Crippen LogP contribution < -0.4 is 15.5 Å². The van der Waals surface area contributed by atoms with Gasteiger partial charge in [0.15, 0.2) is 0 Å². The Balaban J connectivity index is 1.49. The van der Waals surface area contributed by atoms with E-state index in [9.17, 15) is 19.8 Å². The molecular weight excluding hydrogens is 350 g/mol. The van der Waals surface area contributed by atoms with E-state index in [0.29, 0.717) is 5.56 Å². The van der Waals surface area contributed by atoms with Gasteiger partial charge in [-0.15, -0.1) is 0 Å². The molecule has 0 aromatic heterocycles. The zero-order chi connectivity index (χ0) is 19.6. The Bertz CT molecular complexity index is 674. The Morgan fingerprint density at radius 3 is 2.33 bits per heavy atom. The first-order valence-electron chi connectivity index (χ1n) is 9.21. The second kappa shape index (κ2) is 8.24. The highest BCUT2D eigenvalue weighted by molar-refractivity contribution is 5.94. The van der Waals surface area contributed by atoms with Crippen LogP contribution in [0.3, 0.4) is 0 Å². The topological polar surface area (TPSA) is 111 Å². The number of carbonyl (C=O) groups is 2. The van der Waals surface area contributed by atoms with Gasteiger partial charge in [-0.05, 0) is 37.1 Å². The lowest BCUT2D eigenvalue weighted by atomic mass is 10.1. The number of hydrogen-bond acceptors (Lipinski definition) is 6. The van der Waals surface area contributed by atoms with Gasteiger partial charge in [-0.25, -0.2) is 0 Å². The molecule has 1 heterocycles. The van der Waals surface area contributed by atoms with Gasteiger partial charge < -0.3 is 30.5 Å². The SMILES string of the molecule is CN(C)c1ccc(C(=O)NC[C@@H]2O[C@@H](CC(=O)NC3CC3)[C@H](O)[C@@H]2O)cc1. The number of carbonyl (C=O) groups excluding carboxylic acids is 2. The van der Waals surface area contributed by atoms with Crippen molar-refractivity contribution in [3.63, 3.8) is 0 Å². The lowest BCUT2D eigenvalue weighted by molar-refractivity contribution is -0.125. The third-order valence-electron chi connectivity index (χ3n) is 4.90. The van der Waals surface area contributed by atoms with E-state index in [2.05, 4.69) is 10.6 Å². The molecule has 0 bridgehead atoms. The van der Waals surface area contributed by atoms with Gasteiger partial charge in [0.1, 0.15) is 18.3 Å². The first kappa shape index (κ1) is 19.6. The maximum Gasteiger partial charge on any atom is 0.251 e. The van der Waals surface area contributed by atoms with Crippen LogP contribution in [0.4, 0.5) is 5.69 Å². The molecule has 148 valence electrons. The molecule has 8 heteroatoms. The van der Waals surface area contributed by atoms with Gasteiger partial charge in [0.2, 0.25) is 5.91 Å². The van der Waals surface area contributed by atoms with Crippen LogP contribution >= 0.6 is 0 Å². The highest BCUT2D eigenvalue weighted by Gasteiger charge is 2.43. The predicted octanol–water partition coefficient (Wildman–Crippen LogP) is -0.360. The van der Waals surface area contributed by atoms with Gasteiger partial charge in [-0.1, -0.05) is 0 Å². The molecule has 1 aromatic carbocycles. The molecule has 4 N–H and O–H groups in total. The van der Waals surface area contributed by atoms with Gasteiger partial charge >= 0.3 is 0 Å². The zero-order valence-corrected chi connectivity index (χ0v) is 15.6. The van der Waals surface area contributed by atoms with Crippen molar-refractivity contribution >= 4 is 17.5 Å². The fourth-order valence-electron chi connectivity index (χ4n) is 3.07. The number of nitrogens with zero attached hydrogens (tertiary/aromatic N) is 1. The summed E-state index contributed by atoms with van der Waals surface area (Å²) >= 11 is 0. The molecule has 3 rings (SSSR count). The van der Waals surface area contributed by atoms with E-state index in [-0.39, 0.29) is 30.8 Å². The number of aliphatic hydroxyl groups is 2. The Labute approximate surface area is 158 Å². The molecule has 2 fully saturated rings. The first-order valence-corrected chi connectivity index (χ1v) is 9.21. The van der Waals surface area contributed by atoms with Gasteiger partial charge in [-0.2, -0.15) is 0 Å². The van der Waals surface area contributed by atoms with Gasteiger partial charge in [0.25, 0.3) is 5.91 Å². The monoisotopic (exact) mass is 377 g/mol. The third-order valence-corrected chi connectivity index (χ3v) is 4.90. The minimum Gasteiger partial charge on any atom is -0.388 e. The molecule has 8 nitrogen and oxygen atoms in total. The number of anilines is 1. The van der Waals surface area contributed by atoms with E-state index in [4.69, 9.17) is 4.74 Å². The molecule has 0 unspecified atom stereocenters. The van der Waals surface area contributed by atoms with Crippen LogP contribution in [0, 0.1) is 0 Å². The molecule has 27 heavy (non-hydrogen) atoms. The van der Waals surface area contributed by atoms with Crippen LogP contribution in [0.25, 0.3) is 0 Å². The molecule has 4 atom stereocenters. The summed E-state index contributed by atoms with van der Waals surface area (Å²) in [5.41, 5.74) is 1.48. The summed E-state index contributed by atoms with van der Waals surface area (Å²) in [6.07, 6.45) is -1.90. The number of nitrogens with one attached hydrogen (secondary N) is 2. The third kappa shape index (κ3) is 4.97. The number of amides is 2. The minimum absolute atomic E-state index is 0.00876. The lowest BCUT2D eigenvalue weighted by Crippen LogP contribution is -2.40. The Kier molecular flexibility index (Phi) is 5.98. The van der Waals surface area contributed by atoms with Crippen molar-refractivity contribution in [3.05, 3.63) is 29.8 Å². The normalized spacial score (nSPS) is 27.3. The molecule has 0 radical (unpaired) electrons. The van der Waals surface area contributed by atoms with E-state index in [0.717, 1.165) is 18.5 Å². The Morgan fingerprint density at radius 2 is 1.74 bits per heavy atom. The van der Waals surface area contributed by atoms with Crippen LogP contribution in [-0.4, -0.2) is 73.1 Å². The van der Waals surface area contributed by atoms with Crippen LogP contribution in [0.5, 0.6) is 0 Å². The predicted molar refractivity (Wildman–Crippen MR) is 99.6 cm³/mol. The van der Waals surface area contributed by atoms with Crippen molar-refractivity contribution < 1.29 is 24.5 Å². The van der Waals surface area contributed by atoms with Gasteiger partial charge in [-0.3, -0.25) is 9.59 Å². The Hall–Kier alpha value is -2.16. The van der Waals surface area contributed by atoms with Crippen molar-refractivity contribution in [2.24, 2.45) is 0 Å². The summed E-state index contributed by atoms with van der Waals surface area (Å²) in [4.78, 5) is 26.1. The Morgan fingerprint density at radius 1 is 1.11 bits per heavy atom. The smallest absolute Gasteiger partial charge is 0.251 e. The van der Waals surface area contributed by atoms with Crippen molar-refractivity contribution in [3.8, 4) is 0 Å². The molecule has 0 spiro atoms. The number of rotatable bonds is 7. The average Bonchev–Trinajstić information content (AvgIpc) is 3.42. The summed E-state index contributed by atoms with van der Waals surface area (Å²) in [5, 5.41) is 25.8. The molecule has 1 saturated carbocycles.